The molecule has 2 amide bonds. The van der Waals surface area contributed by atoms with Crippen molar-refractivity contribution in [3.05, 3.63) is 0 Å². The first-order valence-corrected chi connectivity index (χ1v) is 8.82. The first-order chi connectivity index (χ1) is 9.99. The van der Waals surface area contributed by atoms with E-state index in [1.165, 1.54) is 32.1 Å². The summed E-state index contributed by atoms with van der Waals surface area (Å²) in [5, 5.41) is 2.64. The highest BCUT2D eigenvalue weighted by molar-refractivity contribution is 6.00. The third-order valence-electron chi connectivity index (χ3n) is 7.06. The molecule has 4 aliphatic carbocycles. The Kier molecular flexibility index (Phi) is 3.00. The first-order valence-electron chi connectivity index (χ1n) is 8.82. The predicted octanol–water partition coefficient (Wildman–Crippen LogP) is 3.14. The average Bonchev–Trinajstić information content (AvgIpc) is 2.38. The van der Waals surface area contributed by atoms with Gasteiger partial charge in [0.15, 0.2) is 0 Å². The smallest absolute Gasteiger partial charge is 0.230 e. The molecule has 1 saturated heterocycles. The Hall–Kier alpha value is -0.860. The van der Waals surface area contributed by atoms with Crippen LogP contribution in [0.5, 0.6) is 0 Å². The summed E-state index contributed by atoms with van der Waals surface area (Å²) in [6.45, 7) is 4.40. The van der Waals surface area contributed by atoms with Gasteiger partial charge in [0.05, 0.1) is 0 Å². The van der Waals surface area contributed by atoms with E-state index in [-0.39, 0.29) is 23.1 Å². The van der Waals surface area contributed by atoms with Crippen molar-refractivity contribution in [3.8, 4) is 0 Å². The van der Waals surface area contributed by atoms with Crippen LogP contribution < -0.4 is 5.32 Å². The Balaban J connectivity index is 1.74. The van der Waals surface area contributed by atoms with Crippen molar-refractivity contribution in [1.29, 1.82) is 0 Å². The van der Waals surface area contributed by atoms with Crippen molar-refractivity contribution in [2.75, 3.05) is 0 Å². The molecule has 0 radical (unpaired) electrons. The Morgan fingerprint density at radius 1 is 1.05 bits per heavy atom. The Morgan fingerprint density at radius 2 is 1.62 bits per heavy atom. The lowest BCUT2D eigenvalue weighted by molar-refractivity contribution is -0.178. The zero-order valence-corrected chi connectivity index (χ0v) is 13.2. The van der Waals surface area contributed by atoms with E-state index in [1.54, 1.807) is 0 Å². The molecule has 3 nitrogen and oxygen atoms in total. The lowest BCUT2D eigenvalue weighted by Crippen LogP contribution is -2.63. The normalized spacial score (nSPS) is 48.2. The summed E-state index contributed by atoms with van der Waals surface area (Å²) in [4.78, 5) is 24.8. The maximum absolute atomic E-state index is 12.6. The van der Waals surface area contributed by atoms with E-state index in [2.05, 4.69) is 19.2 Å². The van der Waals surface area contributed by atoms with Gasteiger partial charge < -0.3 is 0 Å². The van der Waals surface area contributed by atoms with Crippen LogP contribution in [0, 0.1) is 40.9 Å². The lowest BCUT2D eigenvalue weighted by atomic mass is 9.40. The summed E-state index contributed by atoms with van der Waals surface area (Å²) >= 11 is 0. The number of nitrogens with one attached hydrogen (secondary N) is 1. The Bertz CT molecular complexity index is 454. The lowest BCUT2D eigenvalue weighted by Gasteiger charge is -2.64. The maximum atomic E-state index is 12.6. The van der Waals surface area contributed by atoms with Crippen LogP contribution >= 0.6 is 0 Å². The summed E-state index contributed by atoms with van der Waals surface area (Å²) in [5.74, 6) is 3.66. The molecule has 1 aliphatic heterocycles. The molecule has 1 N–H and O–H groups in total. The predicted molar refractivity (Wildman–Crippen MR) is 80.2 cm³/mol. The Morgan fingerprint density at radius 3 is 2.14 bits per heavy atom. The van der Waals surface area contributed by atoms with Gasteiger partial charge in [0.2, 0.25) is 11.8 Å². The van der Waals surface area contributed by atoms with Crippen LogP contribution in [0.15, 0.2) is 0 Å². The molecule has 5 fully saturated rings. The van der Waals surface area contributed by atoms with Crippen molar-refractivity contribution in [2.45, 2.75) is 58.8 Å². The quantitative estimate of drug-likeness (QED) is 0.794. The molecule has 0 aromatic rings. The van der Waals surface area contributed by atoms with Crippen LogP contribution in [0.1, 0.15) is 58.8 Å². The molecular weight excluding hydrogens is 262 g/mol. The first kappa shape index (κ1) is 13.8. The summed E-state index contributed by atoms with van der Waals surface area (Å²) in [6.07, 6.45) is 8.10. The van der Waals surface area contributed by atoms with Gasteiger partial charge in [-0.15, -0.1) is 0 Å². The fourth-order valence-electron chi connectivity index (χ4n) is 6.63. The number of hydrogen-bond donors (Lipinski definition) is 1. The van der Waals surface area contributed by atoms with E-state index in [4.69, 9.17) is 0 Å². The standard InChI is InChI=1S/C18H27NO2/c1-10(2)3-15-17(21)19-16(20)9-18(15)13-5-11-4-12(7-13)8-14(18)6-11/h10-15H,3-9H2,1-2H3,(H,19,20,21). The molecule has 3 heteroatoms. The van der Waals surface area contributed by atoms with Gasteiger partial charge in [-0.1, -0.05) is 13.8 Å². The minimum atomic E-state index is -0.00696. The highest BCUT2D eigenvalue weighted by Crippen LogP contribution is 2.67. The van der Waals surface area contributed by atoms with Gasteiger partial charge >= 0.3 is 0 Å². The number of imide groups is 1. The zero-order valence-electron chi connectivity index (χ0n) is 13.2. The minimum Gasteiger partial charge on any atom is -0.296 e. The summed E-state index contributed by atoms with van der Waals surface area (Å²) < 4.78 is 0. The molecule has 5 aliphatic rings. The van der Waals surface area contributed by atoms with E-state index < -0.39 is 0 Å². The van der Waals surface area contributed by atoms with Gasteiger partial charge in [0.25, 0.3) is 0 Å². The van der Waals surface area contributed by atoms with Crippen molar-refractivity contribution >= 4 is 11.8 Å². The molecule has 21 heavy (non-hydrogen) atoms. The molecule has 0 aromatic carbocycles. The molecule has 1 unspecified atom stereocenters. The van der Waals surface area contributed by atoms with Crippen LogP contribution in [0.4, 0.5) is 0 Å². The zero-order chi connectivity index (χ0) is 14.8. The van der Waals surface area contributed by atoms with Crippen LogP contribution in [0.3, 0.4) is 0 Å². The highest BCUT2D eigenvalue weighted by atomic mass is 16.2. The van der Waals surface area contributed by atoms with Gasteiger partial charge in [0, 0.05) is 12.3 Å². The molecule has 4 saturated carbocycles. The minimum absolute atomic E-state index is 0.00696. The van der Waals surface area contributed by atoms with Crippen LogP contribution in [-0.4, -0.2) is 11.8 Å². The molecule has 116 valence electrons. The third-order valence-corrected chi connectivity index (χ3v) is 7.06. The molecule has 1 spiro atoms. The van der Waals surface area contributed by atoms with Crippen LogP contribution in [0.25, 0.3) is 0 Å². The summed E-state index contributed by atoms with van der Waals surface area (Å²) in [5.41, 5.74) is 0.0110. The Labute approximate surface area is 127 Å². The van der Waals surface area contributed by atoms with E-state index in [1.807, 2.05) is 0 Å². The topological polar surface area (TPSA) is 46.2 Å². The molecule has 0 aromatic heterocycles. The van der Waals surface area contributed by atoms with E-state index in [0.717, 1.165) is 18.3 Å². The monoisotopic (exact) mass is 289 g/mol. The second-order valence-electron chi connectivity index (χ2n) is 8.69. The summed E-state index contributed by atoms with van der Waals surface area (Å²) in [6, 6.07) is 0. The third kappa shape index (κ3) is 1.92. The molecule has 5 rings (SSSR count). The van der Waals surface area contributed by atoms with Gasteiger partial charge in [-0.05, 0) is 73.5 Å². The van der Waals surface area contributed by atoms with Crippen LogP contribution in [0.2, 0.25) is 0 Å². The maximum Gasteiger partial charge on any atom is 0.230 e. The average molecular weight is 289 g/mol. The van der Waals surface area contributed by atoms with Gasteiger partial charge in [-0.3, -0.25) is 14.9 Å². The number of hydrogen-bond acceptors (Lipinski definition) is 2. The molecule has 1 atom stereocenters. The van der Waals surface area contributed by atoms with E-state index in [9.17, 15) is 9.59 Å². The molecule has 4 bridgehead atoms. The largest absolute Gasteiger partial charge is 0.296 e. The number of piperidine rings is 1. The second kappa shape index (κ2) is 4.57. The molecule has 1 heterocycles. The molecular formula is C18H27NO2. The highest BCUT2D eigenvalue weighted by Gasteiger charge is 2.63. The SMILES string of the molecule is CC(C)CC1C(=O)NC(=O)CC12C1CC3CC(C1)CC2C3. The van der Waals surface area contributed by atoms with Gasteiger partial charge in [0.1, 0.15) is 0 Å². The van der Waals surface area contributed by atoms with Crippen LogP contribution in [-0.2, 0) is 9.59 Å². The van der Waals surface area contributed by atoms with Gasteiger partial charge in [-0.2, -0.15) is 0 Å². The number of carbonyl (C=O) groups is 2. The fraction of sp³-hybridized carbons (Fsp3) is 0.889. The number of rotatable bonds is 2. The van der Waals surface area contributed by atoms with E-state index in [0.29, 0.717) is 24.2 Å². The fourth-order valence-corrected chi connectivity index (χ4v) is 6.63. The number of amides is 2. The van der Waals surface area contributed by atoms with Crippen molar-refractivity contribution in [1.82, 2.24) is 5.32 Å². The number of carbonyl (C=O) groups excluding carboxylic acids is 2. The van der Waals surface area contributed by atoms with Crippen molar-refractivity contribution in [2.24, 2.45) is 40.9 Å². The second-order valence-corrected chi connectivity index (χ2v) is 8.69. The van der Waals surface area contributed by atoms with Gasteiger partial charge in [-0.25, -0.2) is 0 Å². The van der Waals surface area contributed by atoms with Crippen molar-refractivity contribution < 1.29 is 9.59 Å². The van der Waals surface area contributed by atoms with Crippen molar-refractivity contribution in [3.63, 3.8) is 0 Å². The van der Waals surface area contributed by atoms with E-state index >= 15 is 0 Å². The summed E-state index contributed by atoms with van der Waals surface area (Å²) in [7, 11) is 0.